The minimum absolute atomic E-state index is 0.0905. The molecule has 4 aromatic carbocycles. The number of halogens is 1. The van der Waals surface area contributed by atoms with Crippen LogP contribution in [0.3, 0.4) is 0 Å². The number of fused-ring (bicyclic) bond motifs is 1. The van der Waals surface area contributed by atoms with Crippen LogP contribution in [0.1, 0.15) is 33.0 Å². The number of ether oxygens (including phenoxy) is 2. The predicted octanol–water partition coefficient (Wildman–Crippen LogP) is 7.04. The molecule has 0 N–H and O–H groups in total. The van der Waals surface area contributed by atoms with Crippen LogP contribution in [0.5, 0.6) is 17.2 Å². The molecule has 33 heavy (non-hydrogen) atoms. The summed E-state index contributed by atoms with van der Waals surface area (Å²) in [7, 11) is 1.61. The molecule has 4 heteroatoms. The minimum Gasteiger partial charge on any atom is -0.497 e. The van der Waals surface area contributed by atoms with Crippen molar-refractivity contribution in [2.45, 2.75) is 5.92 Å². The van der Waals surface area contributed by atoms with Gasteiger partial charge in [-0.1, -0.05) is 54.6 Å². The quantitative estimate of drug-likeness (QED) is 0.315. The zero-order valence-electron chi connectivity index (χ0n) is 18.0. The van der Waals surface area contributed by atoms with E-state index in [9.17, 15) is 9.18 Å². The Balaban J connectivity index is 1.61. The second kappa shape index (κ2) is 8.75. The summed E-state index contributed by atoms with van der Waals surface area (Å²) in [5.41, 5.74) is 3.86. The maximum absolute atomic E-state index is 13.7. The fourth-order valence-electron chi connectivity index (χ4n) is 4.22. The first kappa shape index (κ1) is 20.7. The third-order valence-electron chi connectivity index (χ3n) is 5.78. The summed E-state index contributed by atoms with van der Waals surface area (Å²) < 4.78 is 24.8. The summed E-state index contributed by atoms with van der Waals surface area (Å²) in [6, 6.07) is 29.0. The lowest BCUT2D eigenvalue weighted by Gasteiger charge is -2.14. The van der Waals surface area contributed by atoms with E-state index in [0.29, 0.717) is 22.6 Å². The van der Waals surface area contributed by atoms with Gasteiger partial charge in [-0.3, -0.25) is 4.79 Å². The van der Waals surface area contributed by atoms with Crippen LogP contribution in [0.2, 0.25) is 0 Å². The molecule has 5 rings (SSSR count). The van der Waals surface area contributed by atoms with E-state index in [-0.39, 0.29) is 17.5 Å². The molecule has 0 amide bonds. The van der Waals surface area contributed by atoms with Gasteiger partial charge in [-0.2, -0.15) is 0 Å². The maximum atomic E-state index is 13.7. The molecule has 1 aliphatic rings. The SMILES string of the molecule is COc1ccc(Oc2cccc3c2C(=O)/C(=C\c2ccc(F)cc2)[C@@H]3c2ccccc2)cc1. The molecule has 0 saturated carbocycles. The molecule has 0 saturated heterocycles. The van der Waals surface area contributed by atoms with Crippen LogP contribution in [0.15, 0.2) is 103 Å². The van der Waals surface area contributed by atoms with Crippen molar-refractivity contribution in [1.29, 1.82) is 0 Å². The number of hydrogen-bond donors (Lipinski definition) is 0. The van der Waals surface area contributed by atoms with Gasteiger partial charge in [0.05, 0.1) is 12.7 Å². The number of carbonyl (C=O) groups excluding carboxylic acids is 1. The van der Waals surface area contributed by atoms with Crippen molar-refractivity contribution in [3.8, 4) is 17.2 Å². The molecule has 162 valence electrons. The molecule has 0 bridgehead atoms. The number of Topliss-reactive ketones (excluding diaryl/α,β-unsaturated/α-hetero) is 1. The Morgan fingerprint density at radius 3 is 2.18 bits per heavy atom. The average Bonchev–Trinajstić information content (AvgIpc) is 3.13. The summed E-state index contributed by atoms with van der Waals surface area (Å²) in [5, 5.41) is 0. The van der Waals surface area contributed by atoms with Crippen LogP contribution in [0.4, 0.5) is 4.39 Å². The molecule has 0 heterocycles. The van der Waals surface area contributed by atoms with Crippen molar-refractivity contribution >= 4 is 11.9 Å². The van der Waals surface area contributed by atoms with Gasteiger partial charge in [0, 0.05) is 11.5 Å². The highest BCUT2D eigenvalue weighted by atomic mass is 19.1. The summed E-state index contributed by atoms with van der Waals surface area (Å²) >= 11 is 0. The van der Waals surface area contributed by atoms with Crippen LogP contribution < -0.4 is 9.47 Å². The molecule has 4 aromatic rings. The second-order valence-electron chi connectivity index (χ2n) is 7.82. The molecule has 1 atom stereocenters. The molecule has 0 unspecified atom stereocenters. The van der Waals surface area contributed by atoms with Gasteiger partial charge in [0.25, 0.3) is 0 Å². The highest BCUT2D eigenvalue weighted by molar-refractivity contribution is 6.19. The summed E-state index contributed by atoms with van der Waals surface area (Å²) in [6.07, 6.45) is 1.84. The second-order valence-corrected chi connectivity index (χ2v) is 7.82. The Kier molecular flexibility index (Phi) is 5.49. The van der Waals surface area contributed by atoms with Crippen LogP contribution in [0, 0.1) is 5.82 Å². The number of methoxy groups -OCH3 is 1. The van der Waals surface area contributed by atoms with Crippen molar-refractivity contribution in [2.75, 3.05) is 7.11 Å². The standard InChI is InChI=1S/C29H21FO3/c1-32-22-14-16-23(17-15-22)33-26-9-5-8-24-27(20-6-3-2-4-7-20)25(29(31)28(24)26)18-19-10-12-21(30)13-11-19/h2-18,27H,1H3/b25-18-/t27-/m1/s1. The number of ketones is 1. The van der Waals surface area contributed by atoms with Gasteiger partial charge in [-0.25, -0.2) is 4.39 Å². The Hall–Kier alpha value is -4.18. The van der Waals surface area contributed by atoms with Crippen molar-refractivity contribution in [3.05, 3.63) is 131 Å². The normalized spacial score (nSPS) is 16.0. The van der Waals surface area contributed by atoms with Gasteiger partial charge < -0.3 is 9.47 Å². The van der Waals surface area contributed by atoms with E-state index < -0.39 is 0 Å². The topological polar surface area (TPSA) is 35.5 Å². The van der Waals surface area contributed by atoms with Gasteiger partial charge in [0.2, 0.25) is 0 Å². The molecule has 3 nitrogen and oxygen atoms in total. The number of carbonyl (C=O) groups is 1. The lowest BCUT2D eigenvalue weighted by molar-refractivity contribution is 0.103. The van der Waals surface area contributed by atoms with Gasteiger partial charge in [-0.15, -0.1) is 0 Å². The van der Waals surface area contributed by atoms with E-state index >= 15 is 0 Å². The van der Waals surface area contributed by atoms with Crippen LogP contribution in [-0.2, 0) is 0 Å². The minimum atomic E-state index is -0.312. The predicted molar refractivity (Wildman–Crippen MR) is 127 cm³/mol. The fraction of sp³-hybridized carbons (Fsp3) is 0.0690. The zero-order chi connectivity index (χ0) is 22.8. The van der Waals surface area contributed by atoms with E-state index in [1.807, 2.05) is 78.9 Å². The van der Waals surface area contributed by atoms with Crippen LogP contribution in [-0.4, -0.2) is 12.9 Å². The Morgan fingerprint density at radius 1 is 0.788 bits per heavy atom. The molecule has 0 aliphatic heterocycles. The van der Waals surface area contributed by atoms with Crippen molar-refractivity contribution in [2.24, 2.45) is 0 Å². The third-order valence-corrected chi connectivity index (χ3v) is 5.78. The Bertz CT molecular complexity index is 1320. The van der Waals surface area contributed by atoms with Gasteiger partial charge in [-0.05, 0) is 65.2 Å². The average molecular weight is 436 g/mol. The van der Waals surface area contributed by atoms with Crippen LogP contribution >= 0.6 is 0 Å². The summed E-state index contributed by atoms with van der Waals surface area (Å²) in [5.74, 6) is 1.21. The number of allylic oxidation sites excluding steroid dienone is 1. The van der Waals surface area contributed by atoms with Crippen molar-refractivity contribution < 1.29 is 18.7 Å². The Morgan fingerprint density at radius 2 is 1.48 bits per heavy atom. The highest BCUT2D eigenvalue weighted by Gasteiger charge is 2.38. The molecular weight excluding hydrogens is 415 g/mol. The Labute approximate surface area is 191 Å². The first-order valence-electron chi connectivity index (χ1n) is 10.7. The first-order chi connectivity index (χ1) is 16.1. The van der Waals surface area contributed by atoms with Gasteiger partial charge in [0.15, 0.2) is 5.78 Å². The fourth-order valence-corrected chi connectivity index (χ4v) is 4.22. The molecule has 0 spiro atoms. The van der Waals surface area contributed by atoms with Crippen molar-refractivity contribution in [1.82, 2.24) is 0 Å². The lowest BCUT2D eigenvalue weighted by Crippen LogP contribution is -2.02. The number of rotatable bonds is 5. The van der Waals surface area contributed by atoms with Gasteiger partial charge >= 0.3 is 0 Å². The lowest BCUT2D eigenvalue weighted by atomic mass is 9.89. The molecule has 1 aliphatic carbocycles. The number of benzene rings is 4. The van der Waals surface area contributed by atoms with E-state index in [2.05, 4.69) is 0 Å². The highest BCUT2D eigenvalue weighted by Crippen LogP contribution is 2.46. The van der Waals surface area contributed by atoms with E-state index in [0.717, 1.165) is 22.4 Å². The summed E-state index contributed by atoms with van der Waals surface area (Å²) in [6.45, 7) is 0. The largest absolute Gasteiger partial charge is 0.497 e. The van der Waals surface area contributed by atoms with Crippen molar-refractivity contribution in [3.63, 3.8) is 0 Å². The molecule has 0 fully saturated rings. The molecule has 0 radical (unpaired) electrons. The monoisotopic (exact) mass is 436 g/mol. The first-order valence-corrected chi connectivity index (χ1v) is 10.7. The molecule has 0 aromatic heterocycles. The van der Waals surface area contributed by atoms with Crippen LogP contribution in [0.25, 0.3) is 6.08 Å². The molecular formula is C29H21FO3. The van der Waals surface area contributed by atoms with E-state index in [1.54, 1.807) is 19.2 Å². The third kappa shape index (κ3) is 4.03. The number of hydrogen-bond acceptors (Lipinski definition) is 3. The van der Waals surface area contributed by atoms with E-state index in [1.165, 1.54) is 12.1 Å². The summed E-state index contributed by atoms with van der Waals surface area (Å²) in [4.78, 5) is 13.7. The van der Waals surface area contributed by atoms with Gasteiger partial charge in [0.1, 0.15) is 23.1 Å². The maximum Gasteiger partial charge on any atom is 0.194 e. The smallest absolute Gasteiger partial charge is 0.194 e. The van der Waals surface area contributed by atoms with E-state index in [4.69, 9.17) is 9.47 Å². The zero-order valence-corrected chi connectivity index (χ0v) is 18.0.